The monoisotopic (exact) mass is 273 g/mol. The zero-order valence-electron chi connectivity index (χ0n) is 11.7. The topological polar surface area (TPSA) is 71.8 Å². The molecule has 2 rings (SSSR count). The summed E-state index contributed by atoms with van der Waals surface area (Å²) >= 11 is 0. The van der Waals surface area contributed by atoms with Gasteiger partial charge in [0.05, 0.1) is 24.5 Å². The quantitative estimate of drug-likeness (QED) is 0.835. The molecular weight excluding hydrogens is 254 g/mol. The number of hydrogen-bond acceptors (Lipinski definition) is 4. The van der Waals surface area contributed by atoms with Crippen LogP contribution in [0.2, 0.25) is 0 Å². The highest BCUT2D eigenvalue weighted by molar-refractivity contribution is 5.92. The van der Waals surface area contributed by atoms with Gasteiger partial charge in [-0.15, -0.1) is 0 Å². The normalized spacial score (nSPS) is 13.7. The molecule has 0 saturated heterocycles. The highest BCUT2D eigenvalue weighted by Gasteiger charge is 2.14. The van der Waals surface area contributed by atoms with E-state index in [9.17, 15) is 4.79 Å². The maximum absolute atomic E-state index is 11.8. The number of hydrogen-bond donors (Lipinski definition) is 2. The van der Waals surface area contributed by atoms with Crippen molar-refractivity contribution in [3.63, 3.8) is 0 Å². The molecule has 0 aliphatic rings. The summed E-state index contributed by atoms with van der Waals surface area (Å²) in [4.78, 5) is 15.8. The van der Waals surface area contributed by atoms with Crippen molar-refractivity contribution in [2.45, 2.75) is 25.9 Å². The van der Waals surface area contributed by atoms with Gasteiger partial charge in [-0.2, -0.15) is 5.10 Å². The Kier molecular flexibility index (Phi) is 4.84. The molecule has 0 aliphatic carbocycles. The molecule has 2 heterocycles. The van der Waals surface area contributed by atoms with Gasteiger partial charge in [-0.3, -0.25) is 14.5 Å². The predicted molar refractivity (Wildman–Crippen MR) is 77.3 cm³/mol. The van der Waals surface area contributed by atoms with Crippen molar-refractivity contribution in [2.75, 3.05) is 11.9 Å². The lowest BCUT2D eigenvalue weighted by Crippen LogP contribution is -2.39. The van der Waals surface area contributed by atoms with E-state index in [1.54, 1.807) is 30.7 Å². The van der Waals surface area contributed by atoms with Gasteiger partial charge < -0.3 is 10.6 Å². The minimum Gasteiger partial charge on any atom is -0.324 e. The molecule has 0 aliphatic heterocycles. The van der Waals surface area contributed by atoms with E-state index in [-0.39, 0.29) is 24.5 Å². The van der Waals surface area contributed by atoms with Crippen LogP contribution in [0.1, 0.15) is 19.9 Å². The summed E-state index contributed by atoms with van der Waals surface area (Å²) in [5.74, 6) is -0.0856. The van der Waals surface area contributed by atoms with Gasteiger partial charge in [-0.25, -0.2) is 0 Å². The van der Waals surface area contributed by atoms with E-state index in [1.807, 2.05) is 23.9 Å². The van der Waals surface area contributed by atoms with Crippen LogP contribution in [-0.4, -0.2) is 33.3 Å². The number of pyridine rings is 1. The molecule has 106 valence electrons. The first-order valence-corrected chi connectivity index (χ1v) is 6.59. The van der Waals surface area contributed by atoms with Gasteiger partial charge in [0.25, 0.3) is 0 Å². The second kappa shape index (κ2) is 6.81. The third-order valence-corrected chi connectivity index (χ3v) is 3.20. The molecule has 2 N–H and O–H groups in total. The van der Waals surface area contributed by atoms with Crippen molar-refractivity contribution in [1.29, 1.82) is 0 Å². The van der Waals surface area contributed by atoms with Crippen LogP contribution in [0.5, 0.6) is 0 Å². The third-order valence-electron chi connectivity index (χ3n) is 3.20. The smallest absolute Gasteiger partial charge is 0.238 e. The fourth-order valence-corrected chi connectivity index (χ4v) is 1.82. The summed E-state index contributed by atoms with van der Waals surface area (Å²) in [6.07, 6.45) is 6.95. The Morgan fingerprint density at radius 2 is 2.20 bits per heavy atom. The number of aromatic nitrogens is 3. The average Bonchev–Trinajstić information content (AvgIpc) is 2.99. The fourth-order valence-electron chi connectivity index (χ4n) is 1.82. The zero-order chi connectivity index (χ0) is 14.4. The molecule has 0 aromatic carbocycles. The Hall–Kier alpha value is -2.21. The number of rotatable bonds is 6. The summed E-state index contributed by atoms with van der Waals surface area (Å²) in [7, 11) is 0. The molecule has 2 aromatic heterocycles. The zero-order valence-corrected chi connectivity index (χ0v) is 11.7. The average molecular weight is 273 g/mol. The maximum Gasteiger partial charge on any atom is 0.238 e. The molecule has 6 heteroatoms. The number of carbonyl (C=O) groups is 1. The molecule has 2 aromatic rings. The fraction of sp³-hybridized carbons (Fsp3) is 0.357. The Labute approximate surface area is 118 Å². The lowest BCUT2D eigenvalue weighted by Gasteiger charge is -2.21. The van der Waals surface area contributed by atoms with Gasteiger partial charge in [0, 0.05) is 24.6 Å². The van der Waals surface area contributed by atoms with Crippen molar-refractivity contribution < 1.29 is 4.79 Å². The van der Waals surface area contributed by atoms with Crippen molar-refractivity contribution >= 4 is 11.6 Å². The molecule has 0 radical (unpaired) electrons. The van der Waals surface area contributed by atoms with Crippen molar-refractivity contribution in [1.82, 2.24) is 20.1 Å². The van der Waals surface area contributed by atoms with Crippen LogP contribution in [0.15, 0.2) is 43.0 Å². The SMILES string of the molecule is C[C@H]([C@@H](C)NCC(=O)Nc1cccnc1)n1cccn1. The number of nitrogens with one attached hydrogen (secondary N) is 2. The molecule has 20 heavy (non-hydrogen) atoms. The largest absolute Gasteiger partial charge is 0.324 e. The standard InChI is InChI=1S/C14H19N5O/c1-11(12(2)19-8-4-7-17-19)16-10-14(20)18-13-5-3-6-15-9-13/h3-9,11-12,16H,10H2,1-2H3,(H,18,20)/t11-,12-/m1/s1. The van der Waals surface area contributed by atoms with E-state index in [4.69, 9.17) is 0 Å². The van der Waals surface area contributed by atoms with Crippen LogP contribution in [0.4, 0.5) is 5.69 Å². The lowest BCUT2D eigenvalue weighted by molar-refractivity contribution is -0.115. The molecule has 0 saturated carbocycles. The Morgan fingerprint density at radius 1 is 1.35 bits per heavy atom. The first-order valence-electron chi connectivity index (χ1n) is 6.59. The Morgan fingerprint density at radius 3 is 2.85 bits per heavy atom. The van der Waals surface area contributed by atoms with Crippen molar-refractivity contribution in [3.05, 3.63) is 43.0 Å². The first-order chi connectivity index (χ1) is 9.66. The number of anilines is 1. The van der Waals surface area contributed by atoms with Gasteiger partial charge >= 0.3 is 0 Å². The highest BCUT2D eigenvalue weighted by atomic mass is 16.1. The minimum atomic E-state index is -0.0856. The van der Waals surface area contributed by atoms with E-state index in [0.29, 0.717) is 5.69 Å². The molecule has 0 spiro atoms. The van der Waals surface area contributed by atoms with Crippen molar-refractivity contribution in [2.24, 2.45) is 0 Å². The molecule has 0 bridgehead atoms. The number of nitrogens with zero attached hydrogens (tertiary/aromatic N) is 3. The third kappa shape index (κ3) is 3.89. The van der Waals surface area contributed by atoms with Gasteiger partial charge in [0.2, 0.25) is 5.91 Å². The van der Waals surface area contributed by atoms with Crippen LogP contribution in [-0.2, 0) is 4.79 Å². The summed E-state index contributed by atoms with van der Waals surface area (Å²) < 4.78 is 1.87. The Bertz CT molecular complexity index is 526. The van der Waals surface area contributed by atoms with Crippen LogP contribution < -0.4 is 10.6 Å². The molecule has 0 fully saturated rings. The van der Waals surface area contributed by atoms with E-state index >= 15 is 0 Å². The van der Waals surface area contributed by atoms with Gasteiger partial charge in [0.15, 0.2) is 0 Å². The van der Waals surface area contributed by atoms with Crippen LogP contribution in [0, 0.1) is 0 Å². The number of carbonyl (C=O) groups excluding carboxylic acids is 1. The molecule has 0 unspecified atom stereocenters. The minimum absolute atomic E-state index is 0.0856. The summed E-state index contributed by atoms with van der Waals surface area (Å²) in [5, 5.41) is 10.2. The van der Waals surface area contributed by atoms with Crippen LogP contribution in [0.25, 0.3) is 0 Å². The molecule has 2 atom stereocenters. The van der Waals surface area contributed by atoms with Gasteiger partial charge in [-0.1, -0.05) is 0 Å². The van der Waals surface area contributed by atoms with E-state index < -0.39 is 0 Å². The van der Waals surface area contributed by atoms with Gasteiger partial charge in [0.1, 0.15) is 0 Å². The van der Waals surface area contributed by atoms with E-state index in [1.165, 1.54) is 0 Å². The molecular formula is C14H19N5O. The summed E-state index contributed by atoms with van der Waals surface area (Å²) in [6, 6.07) is 5.79. The van der Waals surface area contributed by atoms with Crippen LogP contribution >= 0.6 is 0 Å². The van der Waals surface area contributed by atoms with E-state index in [2.05, 4.69) is 27.6 Å². The second-order valence-corrected chi connectivity index (χ2v) is 4.69. The van der Waals surface area contributed by atoms with Crippen molar-refractivity contribution in [3.8, 4) is 0 Å². The van der Waals surface area contributed by atoms with E-state index in [0.717, 1.165) is 0 Å². The number of amides is 1. The first kappa shape index (κ1) is 14.2. The van der Waals surface area contributed by atoms with Crippen LogP contribution in [0.3, 0.4) is 0 Å². The second-order valence-electron chi connectivity index (χ2n) is 4.69. The summed E-state index contributed by atoms with van der Waals surface area (Å²) in [5.41, 5.74) is 0.701. The summed E-state index contributed by atoms with van der Waals surface area (Å²) in [6.45, 7) is 4.34. The molecule has 6 nitrogen and oxygen atoms in total. The molecule has 1 amide bonds. The van der Waals surface area contributed by atoms with Gasteiger partial charge in [-0.05, 0) is 32.0 Å². The highest BCUT2D eigenvalue weighted by Crippen LogP contribution is 2.08. The predicted octanol–water partition coefficient (Wildman–Crippen LogP) is 1.46. The Balaban J connectivity index is 1.78. The maximum atomic E-state index is 11.8. The lowest BCUT2D eigenvalue weighted by atomic mass is 10.2.